The highest BCUT2D eigenvalue weighted by Gasteiger charge is 2.46. The highest BCUT2D eigenvalue weighted by Crippen LogP contribution is 2.35. The fourth-order valence-electron chi connectivity index (χ4n) is 3.75. The minimum Gasteiger partial charge on any atom is -0.493 e. The smallest absolute Gasteiger partial charge is 0.233 e. The van der Waals surface area contributed by atoms with Gasteiger partial charge >= 0.3 is 0 Å². The van der Waals surface area contributed by atoms with Gasteiger partial charge in [-0.05, 0) is 31.0 Å². The van der Waals surface area contributed by atoms with Gasteiger partial charge in [0.1, 0.15) is 0 Å². The number of carbonyl (C=O) groups is 2. The lowest BCUT2D eigenvalue weighted by molar-refractivity contribution is -0.139. The van der Waals surface area contributed by atoms with Gasteiger partial charge in [0.25, 0.3) is 0 Å². The molecule has 8 heteroatoms. The predicted octanol–water partition coefficient (Wildman–Crippen LogP) is 2.25. The largest absolute Gasteiger partial charge is 0.493 e. The van der Waals surface area contributed by atoms with Crippen molar-refractivity contribution in [3.05, 3.63) is 36.2 Å². The highest BCUT2D eigenvalue weighted by atomic mass is 16.5. The Hall–Kier alpha value is -3.16. The summed E-state index contributed by atoms with van der Waals surface area (Å²) >= 11 is 0. The zero-order valence-corrected chi connectivity index (χ0v) is 15.8. The third-order valence-corrected chi connectivity index (χ3v) is 5.26. The first kappa shape index (κ1) is 18.2. The summed E-state index contributed by atoms with van der Waals surface area (Å²) in [4.78, 5) is 30.7. The van der Waals surface area contributed by atoms with Crippen LogP contribution in [0.5, 0.6) is 11.5 Å². The van der Waals surface area contributed by atoms with Crippen molar-refractivity contribution in [1.82, 2.24) is 15.0 Å². The molecule has 2 aromatic rings. The van der Waals surface area contributed by atoms with Crippen LogP contribution in [0.15, 0.2) is 34.9 Å². The van der Waals surface area contributed by atoms with Gasteiger partial charge in [0.05, 0.1) is 26.1 Å². The van der Waals surface area contributed by atoms with Crippen LogP contribution < -0.4 is 9.47 Å². The van der Waals surface area contributed by atoms with Gasteiger partial charge in [0.2, 0.25) is 23.5 Å². The van der Waals surface area contributed by atoms with Gasteiger partial charge in [-0.3, -0.25) is 14.5 Å². The average Bonchev–Trinajstić information content (AvgIpc) is 3.30. The first-order valence-electron chi connectivity index (χ1n) is 9.17. The molecule has 0 radical (unpaired) electrons. The molecule has 4 rings (SSSR count). The summed E-state index contributed by atoms with van der Waals surface area (Å²) in [6.07, 6.45) is 5.54. The monoisotopic (exact) mass is 383 g/mol. The SMILES string of the molecule is COc1ccc(-c2noc(CCN3C(=O)[C@@H]4CC=CC[C@H]4C3=O)n2)cc1OC. The maximum atomic E-state index is 12.5. The zero-order chi connectivity index (χ0) is 19.7. The molecule has 1 aromatic carbocycles. The van der Waals surface area contributed by atoms with E-state index in [0.717, 1.165) is 5.56 Å². The van der Waals surface area contributed by atoms with E-state index in [1.165, 1.54) is 4.90 Å². The molecule has 0 spiro atoms. The number of nitrogens with zero attached hydrogens (tertiary/aromatic N) is 3. The van der Waals surface area contributed by atoms with Crippen LogP contribution in [0.1, 0.15) is 18.7 Å². The Morgan fingerprint density at radius 2 is 1.75 bits per heavy atom. The van der Waals surface area contributed by atoms with Gasteiger partial charge in [-0.1, -0.05) is 17.3 Å². The number of methoxy groups -OCH3 is 2. The lowest BCUT2D eigenvalue weighted by Gasteiger charge is -2.14. The van der Waals surface area contributed by atoms with E-state index in [2.05, 4.69) is 10.1 Å². The van der Waals surface area contributed by atoms with E-state index < -0.39 is 0 Å². The average molecular weight is 383 g/mol. The molecule has 0 saturated carbocycles. The Morgan fingerprint density at radius 3 is 2.39 bits per heavy atom. The molecule has 146 valence electrons. The number of fused-ring (bicyclic) bond motifs is 1. The predicted molar refractivity (Wildman–Crippen MR) is 98.6 cm³/mol. The Labute approximate surface area is 162 Å². The first-order chi connectivity index (χ1) is 13.6. The zero-order valence-electron chi connectivity index (χ0n) is 15.8. The van der Waals surface area contributed by atoms with Crippen LogP contribution in [0.3, 0.4) is 0 Å². The van der Waals surface area contributed by atoms with Gasteiger partial charge in [-0.15, -0.1) is 0 Å². The summed E-state index contributed by atoms with van der Waals surface area (Å²) in [6, 6.07) is 5.33. The van der Waals surface area contributed by atoms with Crippen molar-refractivity contribution in [1.29, 1.82) is 0 Å². The molecule has 2 amide bonds. The van der Waals surface area contributed by atoms with Crippen molar-refractivity contribution in [2.75, 3.05) is 20.8 Å². The number of hydrogen-bond acceptors (Lipinski definition) is 7. The van der Waals surface area contributed by atoms with E-state index in [4.69, 9.17) is 14.0 Å². The normalized spacial score (nSPS) is 21.1. The van der Waals surface area contributed by atoms with Crippen LogP contribution in [-0.2, 0) is 16.0 Å². The summed E-state index contributed by atoms with van der Waals surface area (Å²) in [5.74, 6) is 1.32. The van der Waals surface area contributed by atoms with E-state index in [-0.39, 0.29) is 30.2 Å². The number of ether oxygens (including phenoxy) is 2. The lowest BCUT2D eigenvalue weighted by atomic mass is 9.85. The molecule has 0 N–H and O–H groups in total. The van der Waals surface area contributed by atoms with Crippen molar-refractivity contribution < 1.29 is 23.6 Å². The van der Waals surface area contributed by atoms with E-state index >= 15 is 0 Å². The highest BCUT2D eigenvalue weighted by molar-refractivity contribution is 6.05. The molecule has 1 aliphatic carbocycles. The Balaban J connectivity index is 1.44. The number of benzene rings is 1. The van der Waals surface area contributed by atoms with Gasteiger partial charge in [-0.2, -0.15) is 4.98 Å². The molecule has 2 aliphatic rings. The van der Waals surface area contributed by atoms with Crippen LogP contribution in [0.4, 0.5) is 0 Å². The molecular weight excluding hydrogens is 362 g/mol. The number of hydrogen-bond donors (Lipinski definition) is 0. The van der Waals surface area contributed by atoms with Crippen molar-refractivity contribution in [2.24, 2.45) is 11.8 Å². The summed E-state index contributed by atoms with van der Waals surface area (Å²) in [5.41, 5.74) is 0.720. The number of carbonyl (C=O) groups excluding carboxylic acids is 2. The second-order valence-electron chi connectivity index (χ2n) is 6.82. The summed E-state index contributed by atoms with van der Waals surface area (Å²) in [6.45, 7) is 0.248. The van der Waals surface area contributed by atoms with Crippen molar-refractivity contribution in [3.8, 4) is 22.9 Å². The van der Waals surface area contributed by atoms with E-state index in [0.29, 0.717) is 42.5 Å². The Kier molecular flexibility index (Phi) is 4.85. The number of amides is 2. The maximum absolute atomic E-state index is 12.5. The first-order valence-corrected chi connectivity index (χ1v) is 9.17. The fraction of sp³-hybridized carbons (Fsp3) is 0.400. The summed E-state index contributed by atoms with van der Waals surface area (Å²) in [7, 11) is 3.12. The van der Waals surface area contributed by atoms with Crippen LogP contribution in [0, 0.1) is 11.8 Å². The number of aromatic nitrogens is 2. The molecule has 1 fully saturated rings. The van der Waals surface area contributed by atoms with E-state index in [1.54, 1.807) is 32.4 Å². The fourth-order valence-corrected chi connectivity index (χ4v) is 3.75. The number of rotatable bonds is 6. The molecule has 1 aliphatic heterocycles. The third kappa shape index (κ3) is 3.15. The Morgan fingerprint density at radius 1 is 1.07 bits per heavy atom. The number of allylic oxidation sites excluding steroid dienone is 2. The van der Waals surface area contributed by atoms with Gasteiger partial charge in [0, 0.05) is 18.5 Å². The van der Waals surface area contributed by atoms with Gasteiger partial charge < -0.3 is 14.0 Å². The summed E-state index contributed by atoms with van der Waals surface area (Å²) < 4.78 is 15.8. The molecule has 1 saturated heterocycles. The molecule has 2 heterocycles. The minimum absolute atomic E-state index is 0.0982. The summed E-state index contributed by atoms with van der Waals surface area (Å²) in [5, 5.41) is 3.99. The lowest BCUT2D eigenvalue weighted by Crippen LogP contribution is -2.33. The van der Waals surface area contributed by atoms with E-state index in [1.807, 2.05) is 12.2 Å². The molecule has 0 unspecified atom stereocenters. The van der Waals surface area contributed by atoms with Crippen LogP contribution in [-0.4, -0.2) is 47.6 Å². The van der Waals surface area contributed by atoms with Crippen LogP contribution >= 0.6 is 0 Å². The Bertz CT molecular complexity index is 910. The topological polar surface area (TPSA) is 94.8 Å². The second-order valence-corrected chi connectivity index (χ2v) is 6.82. The minimum atomic E-state index is -0.220. The van der Waals surface area contributed by atoms with Gasteiger partial charge in [0.15, 0.2) is 11.5 Å². The second kappa shape index (κ2) is 7.46. The molecule has 1 aromatic heterocycles. The molecule has 2 atom stereocenters. The molecule has 28 heavy (non-hydrogen) atoms. The maximum Gasteiger partial charge on any atom is 0.233 e. The molecular formula is C20H21N3O5. The van der Waals surface area contributed by atoms with Crippen molar-refractivity contribution >= 4 is 11.8 Å². The van der Waals surface area contributed by atoms with Crippen LogP contribution in [0.25, 0.3) is 11.4 Å². The molecule has 0 bridgehead atoms. The number of imide groups is 1. The number of likely N-dealkylation sites (tertiary alicyclic amines) is 1. The van der Waals surface area contributed by atoms with Crippen molar-refractivity contribution in [3.63, 3.8) is 0 Å². The third-order valence-electron chi connectivity index (χ3n) is 5.26. The van der Waals surface area contributed by atoms with Crippen LogP contribution in [0.2, 0.25) is 0 Å². The van der Waals surface area contributed by atoms with Crippen molar-refractivity contribution in [2.45, 2.75) is 19.3 Å². The standard InChI is InChI=1S/C20H21N3O5/c1-26-15-8-7-12(11-16(15)27-2)18-21-17(28-22-18)9-10-23-19(24)13-5-3-4-6-14(13)20(23)25/h3-4,7-8,11,13-14H,5-6,9-10H2,1-2H3/t13-,14-/m1/s1. The van der Waals surface area contributed by atoms with Gasteiger partial charge in [-0.25, -0.2) is 0 Å². The quantitative estimate of drug-likeness (QED) is 0.558. The molecule has 8 nitrogen and oxygen atoms in total. The van der Waals surface area contributed by atoms with E-state index in [9.17, 15) is 9.59 Å².